The Kier molecular flexibility index (Phi) is 7.28. The molecule has 0 saturated carbocycles. The fourth-order valence-electron chi connectivity index (χ4n) is 2.45. The molecule has 11 heteroatoms. The molecule has 1 aromatic carbocycles. The number of nitrogens with zero attached hydrogens (tertiary/aromatic N) is 1. The van der Waals surface area contributed by atoms with E-state index < -0.39 is 36.2 Å². The van der Waals surface area contributed by atoms with E-state index in [1.165, 1.54) is 7.11 Å². The summed E-state index contributed by atoms with van der Waals surface area (Å²) in [5, 5.41) is 14.4. The highest BCUT2D eigenvalue weighted by atomic mass is 35.5. The second kappa shape index (κ2) is 9.49. The van der Waals surface area contributed by atoms with E-state index in [-0.39, 0.29) is 11.0 Å². The lowest BCUT2D eigenvalue weighted by Crippen LogP contribution is -2.36. The van der Waals surface area contributed by atoms with E-state index in [0.29, 0.717) is 16.9 Å². The maximum Gasteiger partial charge on any atom is 0.411 e. The fourth-order valence-corrected chi connectivity index (χ4v) is 2.69. The van der Waals surface area contributed by atoms with Gasteiger partial charge >= 0.3 is 18.2 Å². The molecule has 2 rings (SSSR count). The van der Waals surface area contributed by atoms with Gasteiger partial charge in [-0.1, -0.05) is 23.7 Å². The molecule has 0 spiro atoms. The molecule has 0 aliphatic rings. The predicted molar refractivity (Wildman–Crippen MR) is 109 cm³/mol. The van der Waals surface area contributed by atoms with Crippen LogP contribution in [0.4, 0.5) is 15.3 Å². The first kappa shape index (κ1) is 23.0. The summed E-state index contributed by atoms with van der Waals surface area (Å²) >= 11 is 6.25. The zero-order valence-electron chi connectivity index (χ0n) is 16.9. The number of aromatic amines is 1. The Morgan fingerprint density at radius 3 is 2.37 bits per heavy atom. The number of hydrogen-bond acceptors (Lipinski definition) is 6. The summed E-state index contributed by atoms with van der Waals surface area (Å²) in [4.78, 5) is 41.8. The summed E-state index contributed by atoms with van der Waals surface area (Å²) < 4.78 is 9.71. The molecule has 1 aromatic heterocycles. The number of benzene rings is 1. The molecular weight excluding hydrogens is 416 g/mol. The van der Waals surface area contributed by atoms with Crippen molar-refractivity contribution in [3.63, 3.8) is 0 Å². The molecule has 2 aromatic rings. The van der Waals surface area contributed by atoms with E-state index in [9.17, 15) is 19.5 Å². The topological polar surface area (TPSA) is 143 Å². The second-order valence-corrected chi connectivity index (χ2v) is 7.65. The number of carbonyl (C=O) groups is 3. The number of amides is 2. The Labute approximate surface area is 177 Å². The average Bonchev–Trinajstić information content (AvgIpc) is 3.01. The molecular formula is C19H23ClN4O6. The number of halogens is 1. The number of H-pyrrole nitrogens is 1. The number of ether oxygens (including phenoxy) is 2. The fraction of sp³-hybridized carbons (Fsp3) is 0.368. The van der Waals surface area contributed by atoms with Gasteiger partial charge in [0.25, 0.3) is 0 Å². The Morgan fingerprint density at radius 1 is 1.20 bits per heavy atom. The smallest absolute Gasteiger partial charge is 0.411 e. The summed E-state index contributed by atoms with van der Waals surface area (Å²) in [7, 11) is 1.26. The van der Waals surface area contributed by atoms with Gasteiger partial charge < -0.3 is 24.9 Å². The number of aliphatic carboxylic acids is 1. The Bertz CT molecular complexity index is 920. The highest BCUT2D eigenvalue weighted by Gasteiger charge is 2.26. The van der Waals surface area contributed by atoms with E-state index in [4.69, 9.17) is 16.3 Å². The minimum Gasteiger partial charge on any atom is -0.481 e. The SMILES string of the molecule is COC(=O)Nc1ccc(-c2nc(C(CC(=O)O)NC(=O)OC(C)(C)C)[nH]c2Cl)cc1. The first-order chi connectivity index (χ1) is 14.0. The molecule has 0 radical (unpaired) electrons. The molecule has 0 bridgehead atoms. The van der Waals surface area contributed by atoms with E-state index in [1.54, 1.807) is 45.0 Å². The standard InChI is InChI=1S/C19H23ClN4O6/c1-19(2,3)30-18(28)22-12(9-13(25)26)16-23-14(15(20)24-16)10-5-7-11(8-6-10)21-17(27)29-4/h5-8,12H,9H2,1-4H3,(H,21,27)(H,22,28)(H,23,24)(H,25,26). The van der Waals surface area contributed by atoms with Crippen LogP contribution in [0.15, 0.2) is 24.3 Å². The Hall–Kier alpha value is -3.27. The number of carboxylic acid groups (broad SMARTS) is 1. The van der Waals surface area contributed by atoms with Gasteiger partial charge in [-0.2, -0.15) is 0 Å². The number of hydrogen-bond donors (Lipinski definition) is 4. The molecule has 30 heavy (non-hydrogen) atoms. The number of carboxylic acids is 1. The number of alkyl carbamates (subject to hydrolysis) is 1. The maximum absolute atomic E-state index is 12.1. The summed E-state index contributed by atoms with van der Waals surface area (Å²) in [5.41, 5.74) is 0.735. The van der Waals surface area contributed by atoms with Crippen molar-refractivity contribution in [1.82, 2.24) is 15.3 Å². The van der Waals surface area contributed by atoms with Gasteiger partial charge in [0.1, 0.15) is 28.3 Å². The maximum atomic E-state index is 12.1. The number of carbonyl (C=O) groups excluding carboxylic acids is 2. The summed E-state index contributed by atoms with van der Waals surface area (Å²) in [6, 6.07) is 5.62. The molecule has 1 unspecified atom stereocenters. The number of nitrogens with one attached hydrogen (secondary N) is 3. The normalized spacial score (nSPS) is 12.0. The van der Waals surface area contributed by atoms with Gasteiger partial charge in [0, 0.05) is 11.3 Å². The highest BCUT2D eigenvalue weighted by Crippen LogP contribution is 2.29. The molecule has 10 nitrogen and oxygen atoms in total. The monoisotopic (exact) mass is 438 g/mol. The van der Waals surface area contributed by atoms with Crippen molar-refractivity contribution in [3.8, 4) is 11.3 Å². The summed E-state index contributed by atoms with van der Waals surface area (Å²) in [5.74, 6) is -0.969. The van der Waals surface area contributed by atoms with Crippen LogP contribution in [0.3, 0.4) is 0 Å². The first-order valence-electron chi connectivity index (χ1n) is 8.90. The number of anilines is 1. The van der Waals surface area contributed by atoms with E-state index in [0.717, 1.165) is 0 Å². The van der Waals surface area contributed by atoms with Crippen LogP contribution in [0.1, 0.15) is 39.1 Å². The zero-order valence-corrected chi connectivity index (χ0v) is 17.7. The number of aromatic nitrogens is 2. The zero-order chi connectivity index (χ0) is 22.5. The van der Waals surface area contributed by atoms with Gasteiger partial charge in [0.2, 0.25) is 0 Å². The van der Waals surface area contributed by atoms with Gasteiger partial charge in [-0.25, -0.2) is 14.6 Å². The van der Waals surface area contributed by atoms with E-state index >= 15 is 0 Å². The van der Waals surface area contributed by atoms with Crippen LogP contribution in [0.2, 0.25) is 5.15 Å². The lowest BCUT2D eigenvalue weighted by Gasteiger charge is -2.22. The van der Waals surface area contributed by atoms with Crippen LogP contribution in [-0.4, -0.2) is 45.9 Å². The Morgan fingerprint density at radius 2 is 1.83 bits per heavy atom. The number of rotatable bonds is 6. The molecule has 0 fully saturated rings. The molecule has 0 aliphatic heterocycles. The van der Waals surface area contributed by atoms with Gasteiger partial charge in [0.15, 0.2) is 0 Å². The van der Waals surface area contributed by atoms with Crippen LogP contribution < -0.4 is 10.6 Å². The van der Waals surface area contributed by atoms with Crippen LogP contribution in [0.5, 0.6) is 0 Å². The van der Waals surface area contributed by atoms with Gasteiger partial charge in [-0.05, 0) is 32.9 Å². The Balaban J connectivity index is 2.24. The molecule has 0 aliphatic carbocycles. The van der Waals surface area contributed by atoms with Gasteiger partial charge in [-0.3, -0.25) is 10.1 Å². The lowest BCUT2D eigenvalue weighted by molar-refractivity contribution is -0.137. The van der Waals surface area contributed by atoms with Crippen molar-refractivity contribution >= 4 is 35.4 Å². The van der Waals surface area contributed by atoms with Crippen molar-refractivity contribution < 1.29 is 29.0 Å². The van der Waals surface area contributed by atoms with Gasteiger partial charge in [0.05, 0.1) is 13.5 Å². The van der Waals surface area contributed by atoms with Crippen LogP contribution in [0, 0.1) is 0 Å². The number of imidazole rings is 1. The lowest BCUT2D eigenvalue weighted by atomic mass is 10.1. The number of methoxy groups -OCH3 is 1. The minimum absolute atomic E-state index is 0.167. The third-order valence-corrected chi connectivity index (χ3v) is 3.94. The molecule has 4 N–H and O–H groups in total. The predicted octanol–water partition coefficient (Wildman–Crippen LogP) is 3.95. The molecule has 1 atom stereocenters. The second-order valence-electron chi connectivity index (χ2n) is 7.28. The molecule has 162 valence electrons. The summed E-state index contributed by atoms with van der Waals surface area (Å²) in [6.45, 7) is 5.08. The van der Waals surface area contributed by atoms with Crippen molar-refractivity contribution in [2.24, 2.45) is 0 Å². The largest absolute Gasteiger partial charge is 0.481 e. The quantitative estimate of drug-likeness (QED) is 0.534. The van der Waals surface area contributed by atoms with Crippen LogP contribution in [0.25, 0.3) is 11.3 Å². The third kappa shape index (κ3) is 6.66. The molecule has 2 amide bonds. The van der Waals surface area contributed by atoms with E-state index in [2.05, 4.69) is 25.3 Å². The van der Waals surface area contributed by atoms with Crippen molar-refractivity contribution in [2.75, 3.05) is 12.4 Å². The average molecular weight is 439 g/mol. The first-order valence-corrected chi connectivity index (χ1v) is 9.28. The minimum atomic E-state index is -1.14. The van der Waals surface area contributed by atoms with Crippen molar-refractivity contribution in [1.29, 1.82) is 0 Å². The van der Waals surface area contributed by atoms with Crippen molar-refractivity contribution in [2.45, 2.75) is 38.8 Å². The summed E-state index contributed by atoms with van der Waals surface area (Å²) in [6.07, 6.45) is -1.81. The molecule has 1 heterocycles. The van der Waals surface area contributed by atoms with Crippen LogP contribution in [-0.2, 0) is 14.3 Å². The van der Waals surface area contributed by atoms with E-state index in [1.807, 2.05) is 0 Å². The van der Waals surface area contributed by atoms with Gasteiger partial charge in [-0.15, -0.1) is 0 Å². The molecule has 0 saturated heterocycles. The third-order valence-electron chi connectivity index (χ3n) is 3.67. The van der Waals surface area contributed by atoms with Crippen LogP contribution >= 0.6 is 11.6 Å². The highest BCUT2D eigenvalue weighted by molar-refractivity contribution is 6.31. The van der Waals surface area contributed by atoms with Crippen molar-refractivity contribution in [3.05, 3.63) is 35.2 Å².